The van der Waals surface area contributed by atoms with Crippen molar-refractivity contribution in [1.29, 1.82) is 0 Å². The van der Waals surface area contributed by atoms with Crippen molar-refractivity contribution in [3.8, 4) is 0 Å². The lowest BCUT2D eigenvalue weighted by molar-refractivity contribution is 0.627. The van der Waals surface area contributed by atoms with E-state index in [1.54, 1.807) is 12.1 Å². The highest BCUT2D eigenvalue weighted by atomic mass is 35.5. The Bertz CT molecular complexity index is 555. The molecule has 0 saturated carbocycles. The third-order valence-electron chi connectivity index (χ3n) is 2.22. The summed E-state index contributed by atoms with van der Waals surface area (Å²) in [4.78, 5) is 7.71. The molecule has 5 nitrogen and oxygen atoms in total. The molecule has 0 bridgehead atoms. The quantitative estimate of drug-likeness (QED) is 0.792. The molecule has 7 heteroatoms. The van der Waals surface area contributed by atoms with Gasteiger partial charge in [-0.2, -0.15) is 9.97 Å². The summed E-state index contributed by atoms with van der Waals surface area (Å²) in [5.74, 6) is 0.424. The number of aromatic nitrogens is 2. The zero-order valence-electron chi connectivity index (χ0n) is 9.32. The van der Waals surface area contributed by atoms with Gasteiger partial charge in [-0.15, -0.1) is 0 Å². The minimum atomic E-state index is -0.448. The number of nitrogen functional groups attached to an aromatic ring is 2. The van der Waals surface area contributed by atoms with Crippen molar-refractivity contribution in [2.45, 2.75) is 6.54 Å². The van der Waals surface area contributed by atoms with Crippen LogP contribution in [0.1, 0.15) is 5.56 Å². The Labute approximate surface area is 108 Å². The van der Waals surface area contributed by atoms with E-state index in [0.717, 1.165) is 5.56 Å². The molecule has 0 aliphatic carbocycles. The van der Waals surface area contributed by atoms with Crippen LogP contribution in [0.3, 0.4) is 0 Å². The minimum absolute atomic E-state index is 0.0796. The molecule has 0 saturated heterocycles. The highest BCUT2D eigenvalue weighted by Crippen LogP contribution is 2.17. The number of nitrogens with one attached hydrogen (secondary N) is 1. The average Bonchev–Trinajstić information content (AvgIpc) is 2.29. The van der Waals surface area contributed by atoms with Gasteiger partial charge in [-0.3, -0.25) is 0 Å². The molecule has 0 aliphatic rings. The second kappa shape index (κ2) is 5.05. The topological polar surface area (TPSA) is 89.8 Å². The van der Waals surface area contributed by atoms with E-state index in [0.29, 0.717) is 12.4 Å². The number of halogens is 2. The second-order valence-electron chi connectivity index (χ2n) is 3.64. The van der Waals surface area contributed by atoms with Crippen LogP contribution >= 0.6 is 11.6 Å². The third-order valence-corrected chi connectivity index (χ3v) is 2.51. The molecule has 1 aromatic heterocycles. The van der Waals surface area contributed by atoms with E-state index in [2.05, 4.69) is 15.3 Å². The van der Waals surface area contributed by atoms with Gasteiger partial charge in [-0.05, 0) is 17.7 Å². The number of nitrogens with zero attached hydrogens (tertiary/aromatic N) is 2. The monoisotopic (exact) mass is 267 g/mol. The SMILES string of the molecule is Nc1cc(NCc2ccc(F)c(Cl)c2)nc(N)n1. The van der Waals surface area contributed by atoms with Crippen LogP contribution < -0.4 is 16.8 Å². The second-order valence-corrected chi connectivity index (χ2v) is 4.05. The fourth-order valence-electron chi connectivity index (χ4n) is 1.42. The first-order valence-electron chi connectivity index (χ1n) is 5.12. The average molecular weight is 268 g/mol. The van der Waals surface area contributed by atoms with Crippen LogP contribution in [0, 0.1) is 5.82 Å². The predicted octanol–water partition coefficient (Wildman–Crippen LogP) is 2.05. The molecule has 2 aromatic rings. The van der Waals surface area contributed by atoms with Crippen molar-refractivity contribution in [2.75, 3.05) is 16.8 Å². The Morgan fingerprint density at radius 3 is 2.67 bits per heavy atom. The Balaban J connectivity index is 2.08. The summed E-state index contributed by atoms with van der Waals surface area (Å²) < 4.78 is 13.0. The van der Waals surface area contributed by atoms with Crippen LogP contribution in [0.5, 0.6) is 0 Å². The molecule has 0 spiro atoms. The molecular weight excluding hydrogens is 257 g/mol. The Hall–Kier alpha value is -2.08. The van der Waals surface area contributed by atoms with E-state index >= 15 is 0 Å². The van der Waals surface area contributed by atoms with Gasteiger partial charge in [0, 0.05) is 12.6 Å². The number of hydrogen-bond acceptors (Lipinski definition) is 5. The van der Waals surface area contributed by atoms with Gasteiger partial charge >= 0.3 is 0 Å². The van der Waals surface area contributed by atoms with Crippen molar-refractivity contribution in [3.05, 3.63) is 40.7 Å². The fourth-order valence-corrected chi connectivity index (χ4v) is 1.62. The predicted molar refractivity (Wildman–Crippen MR) is 69.6 cm³/mol. The summed E-state index contributed by atoms with van der Waals surface area (Å²) in [6.07, 6.45) is 0. The van der Waals surface area contributed by atoms with Gasteiger partial charge in [0.1, 0.15) is 17.5 Å². The first-order chi connectivity index (χ1) is 8.54. The van der Waals surface area contributed by atoms with Crippen LogP contribution in [0.4, 0.5) is 22.0 Å². The normalized spacial score (nSPS) is 10.3. The smallest absolute Gasteiger partial charge is 0.223 e. The van der Waals surface area contributed by atoms with E-state index in [9.17, 15) is 4.39 Å². The molecule has 94 valence electrons. The number of rotatable bonds is 3. The van der Waals surface area contributed by atoms with E-state index in [1.165, 1.54) is 12.1 Å². The van der Waals surface area contributed by atoms with E-state index in [4.69, 9.17) is 23.1 Å². The van der Waals surface area contributed by atoms with Gasteiger partial charge < -0.3 is 16.8 Å². The number of benzene rings is 1. The standard InChI is InChI=1S/C11H11ClFN5/c12-7-3-6(1-2-8(7)13)5-16-10-4-9(14)17-11(15)18-10/h1-4H,5H2,(H5,14,15,16,17,18). The van der Waals surface area contributed by atoms with Crippen LogP contribution in [0.25, 0.3) is 0 Å². The minimum Gasteiger partial charge on any atom is -0.383 e. The molecule has 0 unspecified atom stereocenters. The Morgan fingerprint density at radius 1 is 1.22 bits per heavy atom. The number of hydrogen-bond donors (Lipinski definition) is 3. The maximum absolute atomic E-state index is 13.0. The number of nitrogens with two attached hydrogens (primary N) is 2. The molecular formula is C11H11ClFN5. The van der Waals surface area contributed by atoms with E-state index in [-0.39, 0.29) is 16.8 Å². The molecule has 0 atom stereocenters. The van der Waals surface area contributed by atoms with Gasteiger partial charge in [0.15, 0.2) is 0 Å². The van der Waals surface area contributed by atoms with Crippen molar-refractivity contribution >= 4 is 29.2 Å². The molecule has 2 rings (SSSR count). The molecule has 1 aromatic carbocycles. The van der Waals surface area contributed by atoms with Gasteiger partial charge in [-0.25, -0.2) is 4.39 Å². The molecule has 0 aliphatic heterocycles. The van der Waals surface area contributed by atoms with Crippen molar-refractivity contribution in [1.82, 2.24) is 9.97 Å². The molecule has 0 fully saturated rings. The van der Waals surface area contributed by atoms with Crippen molar-refractivity contribution < 1.29 is 4.39 Å². The molecule has 0 radical (unpaired) electrons. The van der Waals surface area contributed by atoms with E-state index in [1.807, 2.05) is 0 Å². The van der Waals surface area contributed by atoms with Crippen LogP contribution in [-0.2, 0) is 6.54 Å². The molecule has 18 heavy (non-hydrogen) atoms. The summed E-state index contributed by atoms with van der Waals surface area (Å²) in [6, 6.07) is 6.03. The van der Waals surface area contributed by atoms with E-state index < -0.39 is 5.82 Å². The van der Waals surface area contributed by atoms with Gasteiger partial charge in [0.05, 0.1) is 5.02 Å². The summed E-state index contributed by atoms with van der Waals surface area (Å²) in [5, 5.41) is 3.08. The summed E-state index contributed by atoms with van der Waals surface area (Å²) >= 11 is 5.68. The Kier molecular flexibility index (Phi) is 3.47. The van der Waals surface area contributed by atoms with Crippen molar-refractivity contribution in [3.63, 3.8) is 0 Å². The fraction of sp³-hybridized carbons (Fsp3) is 0.0909. The van der Waals surface area contributed by atoms with Crippen LogP contribution in [-0.4, -0.2) is 9.97 Å². The summed E-state index contributed by atoms with van der Waals surface area (Å²) in [6.45, 7) is 0.426. The highest BCUT2D eigenvalue weighted by Gasteiger charge is 2.02. The van der Waals surface area contributed by atoms with Crippen LogP contribution in [0.2, 0.25) is 5.02 Å². The molecule has 1 heterocycles. The first kappa shape index (κ1) is 12.4. The molecule has 0 amide bonds. The Morgan fingerprint density at radius 2 is 2.00 bits per heavy atom. The molecule has 5 N–H and O–H groups in total. The van der Waals surface area contributed by atoms with Gasteiger partial charge in [0.25, 0.3) is 0 Å². The zero-order chi connectivity index (χ0) is 13.1. The lowest BCUT2D eigenvalue weighted by atomic mass is 10.2. The maximum Gasteiger partial charge on any atom is 0.223 e. The van der Waals surface area contributed by atoms with Gasteiger partial charge in [0.2, 0.25) is 5.95 Å². The lowest BCUT2D eigenvalue weighted by Gasteiger charge is -2.07. The highest BCUT2D eigenvalue weighted by molar-refractivity contribution is 6.30. The first-order valence-corrected chi connectivity index (χ1v) is 5.50. The zero-order valence-corrected chi connectivity index (χ0v) is 10.1. The maximum atomic E-state index is 13.0. The summed E-state index contributed by atoms with van der Waals surface area (Å²) in [5.41, 5.74) is 11.8. The largest absolute Gasteiger partial charge is 0.383 e. The summed E-state index contributed by atoms with van der Waals surface area (Å²) in [7, 11) is 0. The van der Waals surface area contributed by atoms with Crippen molar-refractivity contribution in [2.24, 2.45) is 0 Å². The van der Waals surface area contributed by atoms with Gasteiger partial charge in [-0.1, -0.05) is 17.7 Å². The lowest BCUT2D eigenvalue weighted by Crippen LogP contribution is -2.06. The van der Waals surface area contributed by atoms with Crippen LogP contribution in [0.15, 0.2) is 24.3 Å². The number of anilines is 3. The third kappa shape index (κ3) is 2.98.